The number of nitrogens with one attached hydrogen (secondary N) is 1. The van der Waals surface area contributed by atoms with Gasteiger partial charge in [-0.3, -0.25) is 19.2 Å². The van der Waals surface area contributed by atoms with Crippen molar-refractivity contribution in [1.29, 1.82) is 5.26 Å². The first kappa shape index (κ1) is 32.7. The lowest BCUT2D eigenvalue weighted by Crippen LogP contribution is -2.51. The van der Waals surface area contributed by atoms with Gasteiger partial charge in [-0.05, 0) is 74.9 Å². The molecule has 0 aliphatic carbocycles. The molecule has 2 atom stereocenters. The van der Waals surface area contributed by atoms with Crippen LogP contribution in [0.1, 0.15) is 63.8 Å². The number of carbonyl (C=O) groups is 2. The van der Waals surface area contributed by atoms with Crippen molar-refractivity contribution in [2.24, 2.45) is 0 Å². The number of carbonyl (C=O) groups excluding carboxylic acids is 2. The standard InChI is InChI=1S/C35H33F3N6O4/c1-34(2,47)14-15-42-19-28-29(20-42)44-31(27(18-40-44)41-32(45)21-4-13-30(48-3)22(16-21)17-39)33(46)43(28)26-11-7-24(8-12-26)35(37,38)23-5-9-25(36)10-6-23/h4-13,16,18,28-29,47H,14-15,19-20H2,1-3H3,(H,41,45)/t28-,29+/m0/s1. The Balaban J connectivity index is 1.34. The van der Waals surface area contributed by atoms with Crippen molar-refractivity contribution in [3.8, 4) is 11.8 Å². The fourth-order valence-corrected chi connectivity index (χ4v) is 6.24. The number of alkyl halides is 2. The number of rotatable bonds is 9. The zero-order valence-corrected chi connectivity index (χ0v) is 26.5. The Kier molecular flexibility index (Phi) is 8.49. The number of nitrogens with zero attached hydrogens (tertiary/aromatic N) is 5. The summed E-state index contributed by atoms with van der Waals surface area (Å²) >= 11 is 0. The molecule has 2 aliphatic rings. The molecule has 6 rings (SSSR count). The Bertz CT molecular complexity index is 1900. The molecule has 3 aromatic carbocycles. The molecule has 248 valence electrons. The number of hydrogen-bond donors (Lipinski definition) is 2. The SMILES string of the molecule is COc1ccc(C(=O)Nc2cnn3c2C(=O)N(c2ccc(C(F)(F)c4ccc(F)cc4)cc2)[C@H]2CN(CCC(C)(C)O)C[C@H]23)cc1C#N. The number of nitriles is 1. The van der Waals surface area contributed by atoms with Gasteiger partial charge in [-0.2, -0.15) is 19.1 Å². The van der Waals surface area contributed by atoms with Crippen LogP contribution in [0, 0.1) is 17.1 Å². The highest BCUT2D eigenvalue weighted by Gasteiger charge is 2.48. The lowest BCUT2D eigenvalue weighted by atomic mass is 9.99. The fraction of sp³-hybridized carbons (Fsp3) is 0.314. The minimum atomic E-state index is -3.41. The Morgan fingerprint density at radius 1 is 1.06 bits per heavy atom. The molecule has 4 aromatic rings. The van der Waals surface area contributed by atoms with Gasteiger partial charge in [0.1, 0.15) is 17.6 Å². The van der Waals surface area contributed by atoms with Gasteiger partial charge in [0.05, 0.1) is 42.2 Å². The molecule has 2 N–H and O–H groups in total. The van der Waals surface area contributed by atoms with Crippen LogP contribution >= 0.6 is 0 Å². The van der Waals surface area contributed by atoms with E-state index in [-0.39, 0.29) is 39.7 Å². The molecule has 48 heavy (non-hydrogen) atoms. The van der Waals surface area contributed by atoms with Crippen LogP contribution in [-0.2, 0) is 5.92 Å². The molecule has 10 nitrogen and oxygen atoms in total. The highest BCUT2D eigenvalue weighted by molar-refractivity contribution is 6.13. The van der Waals surface area contributed by atoms with Crippen LogP contribution in [0.3, 0.4) is 0 Å². The summed E-state index contributed by atoms with van der Waals surface area (Å²) in [6.45, 7) is 4.90. The first-order chi connectivity index (χ1) is 22.8. The average molecular weight is 659 g/mol. The summed E-state index contributed by atoms with van der Waals surface area (Å²) in [6.07, 6.45) is 1.87. The summed E-state index contributed by atoms with van der Waals surface area (Å²) in [5, 5.41) is 27.1. The zero-order valence-electron chi connectivity index (χ0n) is 26.5. The Morgan fingerprint density at radius 3 is 2.33 bits per heavy atom. The van der Waals surface area contributed by atoms with Gasteiger partial charge in [-0.25, -0.2) is 4.39 Å². The van der Waals surface area contributed by atoms with Crippen molar-refractivity contribution < 1.29 is 32.6 Å². The fourth-order valence-electron chi connectivity index (χ4n) is 6.24. The number of hydrogen-bond acceptors (Lipinski definition) is 7. The number of amides is 2. The van der Waals surface area contributed by atoms with Crippen LogP contribution in [-0.4, -0.2) is 70.0 Å². The van der Waals surface area contributed by atoms with Crippen LogP contribution in [0.4, 0.5) is 24.5 Å². The molecular formula is C35H33F3N6O4. The van der Waals surface area contributed by atoms with Crippen LogP contribution in [0.15, 0.2) is 72.9 Å². The largest absolute Gasteiger partial charge is 0.495 e. The molecular weight excluding hydrogens is 625 g/mol. The summed E-state index contributed by atoms with van der Waals surface area (Å²) in [5.41, 5.74) is -0.633. The molecule has 2 aliphatic heterocycles. The Labute approximate surface area is 274 Å². The van der Waals surface area contributed by atoms with E-state index in [9.17, 15) is 24.3 Å². The number of halogens is 3. The first-order valence-electron chi connectivity index (χ1n) is 15.3. The molecule has 0 bridgehead atoms. The van der Waals surface area contributed by atoms with Gasteiger partial charge in [0.15, 0.2) is 5.69 Å². The number of aliphatic hydroxyl groups is 1. The van der Waals surface area contributed by atoms with Gasteiger partial charge < -0.3 is 20.1 Å². The van der Waals surface area contributed by atoms with Crippen LogP contribution in [0.2, 0.25) is 0 Å². The van der Waals surface area contributed by atoms with E-state index in [1.54, 1.807) is 23.4 Å². The number of aromatic nitrogens is 2. The monoisotopic (exact) mass is 658 g/mol. The third kappa shape index (κ3) is 6.12. The summed E-state index contributed by atoms with van der Waals surface area (Å²) in [7, 11) is 1.42. The van der Waals surface area contributed by atoms with Gasteiger partial charge in [-0.15, -0.1) is 0 Å². The topological polar surface area (TPSA) is 124 Å². The first-order valence-corrected chi connectivity index (χ1v) is 15.3. The lowest BCUT2D eigenvalue weighted by molar-refractivity contribution is 0.0427. The second-order valence-corrected chi connectivity index (χ2v) is 12.6. The molecule has 0 unspecified atom stereocenters. The molecule has 0 saturated carbocycles. The highest BCUT2D eigenvalue weighted by Crippen LogP contribution is 2.41. The van der Waals surface area contributed by atoms with Crippen LogP contribution in [0.25, 0.3) is 0 Å². The van der Waals surface area contributed by atoms with E-state index in [4.69, 9.17) is 4.74 Å². The molecule has 0 radical (unpaired) electrons. The summed E-state index contributed by atoms with van der Waals surface area (Å²) < 4.78 is 50.9. The van der Waals surface area contributed by atoms with Crippen molar-refractivity contribution in [2.45, 2.75) is 43.9 Å². The van der Waals surface area contributed by atoms with Crippen molar-refractivity contribution in [3.05, 3.63) is 107 Å². The average Bonchev–Trinajstić information content (AvgIpc) is 3.68. The van der Waals surface area contributed by atoms with E-state index in [0.29, 0.717) is 37.5 Å². The van der Waals surface area contributed by atoms with Gasteiger partial charge >= 0.3 is 0 Å². The third-order valence-corrected chi connectivity index (χ3v) is 8.78. The van der Waals surface area contributed by atoms with Gasteiger partial charge in [0.2, 0.25) is 0 Å². The number of benzene rings is 3. The Morgan fingerprint density at radius 2 is 1.71 bits per heavy atom. The van der Waals surface area contributed by atoms with E-state index in [1.165, 1.54) is 55.8 Å². The summed E-state index contributed by atoms with van der Waals surface area (Å²) in [6, 6.07) is 15.0. The van der Waals surface area contributed by atoms with Crippen LogP contribution < -0.4 is 15.0 Å². The second-order valence-electron chi connectivity index (χ2n) is 12.6. The Hall–Kier alpha value is -5.19. The second kappa shape index (κ2) is 12.4. The molecule has 1 aromatic heterocycles. The van der Waals surface area contributed by atoms with Crippen LogP contribution in [0.5, 0.6) is 5.75 Å². The number of ether oxygens (including phenoxy) is 1. The number of anilines is 2. The minimum Gasteiger partial charge on any atom is -0.495 e. The number of likely N-dealkylation sites (tertiary alicyclic amines) is 1. The maximum Gasteiger partial charge on any atom is 0.298 e. The van der Waals surface area contributed by atoms with E-state index >= 15 is 8.78 Å². The molecule has 0 spiro atoms. The summed E-state index contributed by atoms with van der Waals surface area (Å²) in [5.74, 6) is -4.78. The molecule has 1 saturated heterocycles. The quantitative estimate of drug-likeness (QED) is 0.249. The van der Waals surface area contributed by atoms with E-state index in [0.717, 1.165) is 24.3 Å². The number of fused-ring (bicyclic) bond motifs is 3. The molecule has 2 amide bonds. The van der Waals surface area contributed by atoms with Gasteiger partial charge in [-0.1, -0.05) is 12.1 Å². The van der Waals surface area contributed by atoms with Gasteiger partial charge in [0, 0.05) is 42.0 Å². The van der Waals surface area contributed by atoms with E-state index in [2.05, 4.69) is 15.3 Å². The zero-order chi connectivity index (χ0) is 34.4. The predicted octanol–water partition coefficient (Wildman–Crippen LogP) is 5.34. The van der Waals surface area contributed by atoms with Crippen molar-refractivity contribution in [2.75, 3.05) is 37.0 Å². The van der Waals surface area contributed by atoms with Crippen molar-refractivity contribution in [1.82, 2.24) is 14.7 Å². The van der Waals surface area contributed by atoms with Crippen molar-refractivity contribution in [3.63, 3.8) is 0 Å². The minimum absolute atomic E-state index is 0.115. The predicted molar refractivity (Wildman–Crippen MR) is 171 cm³/mol. The molecule has 13 heteroatoms. The van der Waals surface area contributed by atoms with E-state index in [1.807, 2.05) is 6.07 Å². The molecule has 3 heterocycles. The third-order valence-electron chi connectivity index (χ3n) is 8.78. The van der Waals surface area contributed by atoms with E-state index < -0.39 is 35.2 Å². The summed E-state index contributed by atoms with van der Waals surface area (Å²) in [4.78, 5) is 31.3. The normalized spacial score (nSPS) is 17.9. The maximum absolute atomic E-state index is 15.4. The van der Waals surface area contributed by atoms with Crippen molar-refractivity contribution >= 4 is 23.2 Å². The lowest BCUT2D eigenvalue weighted by Gasteiger charge is -2.37. The van der Waals surface area contributed by atoms with Gasteiger partial charge in [0.25, 0.3) is 17.7 Å². The number of methoxy groups -OCH3 is 1. The maximum atomic E-state index is 15.4. The molecule has 1 fully saturated rings. The smallest absolute Gasteiger partial charge is 0.298 e. The highest BCUT2D eigenvalue weighted by atomic mass is 19.3.